The number of sulfone groups is 1. The molecule has 0 saturated carbocycles. The number of hydrogen-bond donors (Lipinski definition) is 1. The fraction of sp³-hybridized carbons (Fsp3) is 0.240. The van der Waals surface area contributed by atoms with Gasteiger partial charge in [-0.15, -0.1) is 11.3 Å². The summed E-state index contributed by atoms with van der Waals surface area (Å²) in [7, 11) is -3.56. The van der Waals surface area contributed by atoms with Crippen molar-refractivity contribution < 1.29 is 17.6 Å². The summed E-state index contributed by atoms with van der Waals surface area (Å²) in [5, 5.41) is 22.4. The van der Waals surface area contributed by atoms with Crippen molar-refractivity contribution in [2.24, 2.45) is 0 Å². The van der Waals surface area contributed by atoms with Crippen LogP contribution in [0.4, 0.5) is 9.39 Å². The second-order valence-corrected chi connectivity index (χ2v) is 11.4. The van der Waals surface area contributed by atoms with Crippen LogP contribution in [0, 0.1) is 28.5 Å². The summed E-state index contributed by atoms with van der Waals surface area (Å²) >= 11 is 1.38. The predicted molar refractivity (Wildman–Crippen MR) is 130 cm³/mol. The number of amides is 1. The Morgan fingerprint density at radius 1 is 1.17 bits per heavy atom. The molecule has 2 aromatic carbocycles. The summed E-state index contributed by atoms with van der Waals surface area (Å²) in [6, 6.07) is 14.7. The van der Waals surface area contributed by atoms with Crippen molar-refractivity contribution in [2.75, 3.05) is 18.1 Å². The zero-order valence-corrected chi connectivity index (χ0v) is 20.5. The molecule has 1 aliphatic heterocycles. The van der Waals surface area contributed by atoms with Gasteiger partial charge in [0.2, 0.25) is 5.91 Å². The van der Waals surface area contributed by atoms with Gasteiger partial charge in [0.15, 0.2) is 9.84 Å². The Kier molecular flexibility index (Phi) is 6.99. The standard InChI is InChI=1S/C25H21FN4O3S2/c1-35(32,33)23-6-5-16(9-18(23)12-27)11-24(31)29-25-20(13-28)21-15-30(8-7-22(21)34-25)14-17-3-2-4-19(26)10-17/h2-6,9-10H,7-8,11,14-15H2,1H3,(H,29,31). The smallest absolute Gasteiger partial charge is 0.229 e. The highest BCUT2D eigenvalue weighted by atomic mass is 32.2. The van der Waals surface area contributed by atoms with Crippen LogP contribution in [-0.2, 0) is 40.6 Å². The maximum absolute atomic E-state index is 13.5. The molecule has 178 valence electrons. The van der Waals surface area contributed by atoms with Gasteiger partial charge in [-0.2, -0.15) is 10.5 Å². The molecule has 0 atom stereocenters. The van der Waals surface area contributed by atoms with E-state index in [0.717, 1.165) is 35.2 Å². The number of carbonyl (C=O) groups excluding carboxylic acids is 1. The van der Waals surface area contributed by atoms with Crippen LogP contribution in [0.2, 0.25) is 0 Å². The van der Waals surface area contributed by atoms with E-state index in [1.54, 1.807) is 6.07 Å². The number of carbonyl (C=O) groups is 1. The largest absolute Gasteiger partial charge is 0.316 e. The molecule has 0 radical (unpaired) electrons. The fourth-order valence-electron chi connectivity index (χ4n) is 4.13. The van der Waals surface area contributed by atoms with Crippen molar-refractivity contribution in [1.29, 1.82) is 10.5 Å². The molecular formula is C25H21FN4O3S2. The molecule has 1 amide bonds. The number of fused-ring (bicyclic) bond motifs is 1. The second-order valence-electron chi connectivity index (χ2n) is 8.35. The molecule has 0 unspecified atom stereocenters. The maximum Gasteiger partial charge on any atom is 0.229 e. The number of nitrogens with one attached hydrogen (secondary N) is 1. The molecule has 1 aliphatic rings. The van der Waals surface area contributed by atoms with Crippen LogP contribution < -0.4 is 5.32 Å². The number of thiophene rings is 1. The molecule has 7 nitrogen and oxygen atoms in total. The third-order valence-electron chi connectivity index (χ3n) is 5.72. The first-order valence-electron chi connectivity index (χ1n) is 10.7. The van der Waals surface area contributed by atoms with Crippen LogP contribution in [0.5, 0.6) is 0 Å². The molecule has 2 heterocycles. The summed E-state index contributed by atoms with van der Waals surface area (Å²) in [6.07, 6.45) is 1.67. The van der Waals surface area contributed by atoms with Crippen LogP contribution in [0.3, 0.4) is 0 Å². The SMILES string of the molecule is CS(=O)(=O)c1ccc(CC(=O)Nc2sc3c(c2C#N)CN(Cc2cccc(F)c2)CC3)cc1C#N. The fourth-order valence-corrected chi connectivity index (χ4v) is 6.12. The van der Waals surface area contributed by atoms with Gasteiger partial charge in [0.25, 0.3) is 0 Å². The van der Waals surface area contributed by atoms with E-state index in [4.69, 9.17) is 0 Å². The van der Waals surface area contributed by atoms with E-state index in [0.29, 0.717) is 29.2 Å². The highest BCUT2D eigenvalue weighted by Gasteiger charge is 2.26. The summed E-state index contributed by atoms with van der Waals surface area (Å²) in [6.45, 7) is 1.84. The van der Waals surface area contributed by atoms with E-state index in [1.165, 1.54) is 41.7 Å². The lowest BCUT2D eigenvalue weighted by Gasteiger charge is -2.27. The van der Waals surface area contributed by atoms with E-state index in [1.807, 2.05) is 12.1 Å². The molecule has 35 heavy (non-hydrogen) atoms. The van der Waals surface area contributed by atoms with Gasteiger partial charge in [-0.1, -0.05) is 18.2 Å². The molecule has 0 aliphatic carbocycles. The zero-order valence-electron chi connectivity index (χ0n) is 18.8. The Bertz CT molecular complexity index is 1500. The molecule has 10 heteroatoms. The Morgan fingerprint density at radius 2 is 1.97 bits per heavy atom. The highest BCUT2D eigenvalue weighted by Crippen LogP contribution is 2.37. The highest BCUT2D eigenvalue weighted by molar-refractivity contribution is 7.90. The van der Waals surface area contributed by atoms with Crippen LogP contribution in [0.15, 0.2) is 47.4 Å². The number of halogens is 1. The van der Waals surface area contributed by atoms with Crippen molar-refractivity contribution in [2.45, 2.75) is 30.8 Å². The minimum atomic E-state index is -3.56. The maximum atomic E-state index is 13.5. The number of nitriles is 2. The van der Waals surface area contributed by atoms with Crippen molar-refractivity contribution >= 4 is 32.1 Å². The molecular weight excluding hydrogens is 487 g/mol. The Labute approximate surface area is 207 Å². The van der Waals surface area contributed by atoms with Gasteiger partial charge >= 0.3 is 0 Å². The van der Waals surface area contributed by atoms with E-state index >= 15 is 0 Å². The molecule has 0 fully saturated rings. The Hall–Kier alpha value is -3.57. The predicted octanol–water partition coefficient (Wildman–Crippen LogP) is 3.77. The molecule has 0 saturated heterocycles. The van der Waals surface area contributed by atoms with Gasteiger partial charge in [0, 0.05) is 36.3 Å². The van der Waals surface area contributed by atoms with Gasteiger partial charge in [-0.3, -0.25) is 9.69 Å². The molecule has 3 aromatic rings. The van der Waals surface area contributed by atoms with Gasteiger partial charge in [0.05, 0.1) is 22.4 Å². The van der Waals surface area contributed by atoms with Crippen LogP contribution >= 0.6 is 11.3 Å². The first-order chi connectivity index (χ1) is 16.7. The van der Waals surface area contributed by atoms with Gasteiger partial charge in [0.1, 0.15) is 23.0 Å². The van der Waals surface area contributed by atoms with E-state index < -0.39 is 9.84 Å². The molecule has 1 N–H and O–H groups in total. The number of rotatable bonds is 6. The van der Waals surface area contributed by atoms with Crippen molar-refractivity contribution in [1.82, 2.24) is 4.90 Å². The van der Waals surface area contributed by atoms with Gasteiger partial charge in [-0.25, -0.2) is 12.8 Å². The minimum Gasteiger partial charge on any atom is -0.316 e. The average molecular weight is 509 g/mol. The minimum absolute atomic E-state index is 0.0134. The van der Waals surface area contributed by atoms with Gasteiger partial charge < -0.3 is 5.32 Å². The lowest BCUT2D eigenvalue weighted by atomic mass is 10.0. The lowest BCUT2D eigenvalue weighted by molar-refractivity contribution is -0.115. The first kappa shape index (κ1) is 24.6. The summed E-state index contributed by atoms with van der Waals surface area (Å²) < 4.78 is 37.2. The van der Waals surface area contributed by atoms with Crippen molar-refractivity contribution in [3.05, 3.63) is 81.0 Å². The third-order valence-corrected chi connectivity index (χ3v) is 8.08. The number of hydrogen-bond acceptors (Lipinski definition) is 7. The summed E-state index contributed by atoms with van der Waals surface area (Å²) in [4.78, 5) is 15.8. The topological polar surface area (TPSA) is 114 Å². The number of benzene rings is 2. The summed E-state index contributed by atoms with van der Waals surface area (Å²) in [5.74, 6) is -0.654. The molecule has 0 spiro atoms. The Morgan fingerprint density at radius 3 is 2.66 bits per heavy atom. The van der Waals surface area contributed by atoms with Crippen LogP contribution in [0.25, 0.3) is 0 Å². The Balaban J connectivity index is 1.48. The van der Waals surface area contributed by atoms with Crippen LogP contribution in [0.1, 0.15) is 32.7 Å². The second kappa shape index (κ2) is 9.96. The summed E-state index contributed by atoms with van der Waals surface area (Å²) in [5.41, 5.74) is 2.63. The van der Waals surface area contributed by atoms with Gasteiger partial charge in [-0.05, 0) is 41.8 Å². The number of anilines is 1. The molecule has 0 bridgehead atoms. The van der Waals surface area contributed by atoms with E-state index in [9.17, 15) is 28.1 Å². The number of nitrogens with zero attached hydrogens (tertiary/aromatic N) is 3. The third kappa shape index (κ3) is 5.57. The zero-order chi connectivity index (χ0) is 25.2. The molecule has 4 rings (SSSR count). The van der Waals surface area contributed by atoms with E-state index in [-0.39, 0.29) is 28.6 Å². The lowest BCUT2D eigenvalue weighted by Crippen LogP contribution is -2.29. The monoisotopic (exact) mass is 508 g/mol. The van der Waals surface area contributed by atoms with Crippen LogP contribution in [-0.4, -0.2) is 32.0 Å². The molecule has 1 aromatic heterocycles. The first-order valence-corrected chi connectivity index (χ1v) is 13.4. The van der Waals surface area contributed by atoms with E-state index in [2.05, 4.69) is 16.3 Å². The average Bonchev–Trinajstić information content (AvgIpc) is 3.14. The van der Waals surface area contributed by atoms with Crippen molar-refractivity contribution in [3.8, 4) is 12.1 Å². The quantitative estimate of drug-likeness (QED) is 0.542. The van der Waals surface area contributed by atoms with Crippen molar-refractivity contribution in [3.63, 3.8) is 0 Å². The normalized spacial score (nSPS) is 13.5.